The molecule has 0 bridgehead atoms. The van der Waals surface area contributed by atoms with E-state index in [0.717, 1.165) is 128 Å². The van der Waals surface area contributed by atoms with E-state index in [-0.39, 0.29) is 31.1 Å². The summed E-state index contributed by atoms with van der Waals surface area (Å²) in [7, 11) is 0. The summed E-state index contributed by atoms with van der Waals surface area (Å²) in [5.41, 5.74) is 0. The minimum atomic E-state index is -0.804. The van der Waals surface area contributed by atoms with E-state index in [2.05, 4.69) is 130 Å². The van der Waals surface area contributed by atoms with Crippen LogP contribution in [0.15, 0.2) is 109 Å². The highest BCUT2D eigenvalue weighted by atomic mass is 16.6. The quantitative estimate of drug-likeness (QED) is 0.0263. The fourth-order valence-electron chi connectivity index (χ4n) is 6.52. The van der Waals surface area contributed by atoms with Gasteiger partial charge < -0.3 is 14.2 Å². The summed E-state index contributed by atoms with van der Waals surface area (Å²) in [6.07, 6.45) is 67.9. The Morgan fingerprint density at radius 3 is 1.00 bits per heavy atom. The molecular formula is C57H92O6. The van der Waals surface area contributed by atoms with E-state index in [9.17, 15) is 14.4 Å². The Kier molecular flexibility index (Phi) is 47.5. The average Bonchev–Trinajstić information content (AvgIpc) is 3.28. The van der Waals surface area contributed by atoms with Crippen LogP contribution in [0.2, 0.25) is 0 Å². The van der Waals surface area contributed by atoms with Crippen molar-refractivity contribution in [3.05, 3.63) is 109 Å². The highest BCUT2D eigenvalue weighted by molar-refractivity contribution is 5.71. The van der Waals surface area contributed by atoms with Crippen LogP contribution >= 0.6 is 0 Å². The Morgan fingerprint density at radius 2 is 0.619 bits per heavy atom. The number of carbonyl (C=O) groups is 3. The van der Waals surface area contributed by atoms with Crippen LogP contribution in [-0.2, 0) is 28.6 Å². The third-order valence-corrected chi connectivity index (χ3v) is 10.3. The molecule has 0 rings (SSSR count). The summed E-state index contributed by atoms with van der Waals surface area (Å²) >= 11 is 0. The third kappa shape index (κ3) is 49.0. The molecule has 1 atom stereocenters. The van der Waals surface area contributed by atoms with Crippen molar-refractivity contribution in [1.82, 2.24) is 0 Å². The lowest BCUT2D eigenvalue weighted by Gasteiger charge is -2.18. The summed E-state index contributed by atoms with van der Waals surface area (Å²) < 4.78 is 16.7. The fourth-order valence-corrected chi connectivity index (χ4v) is 6.52. The van der Waals surface area contributed by atoms with Crippen LogP contribution in [0.5, 0.6) is 0 Å². The van der Waals surface area contributed by atoms with Gasteiger partial charge in [0, 0.05) is 19.3 Å². The van der Waals surface area contributed by atoms with Gasteiger partial charge >= 0.3 is 17.9 Å². The molecule has 0 aliphatic carbocycles. The van der Waals surface area contributed by atoms with Gasteiger partial charge in [0.15, 0.2) is 6.10 Å². The molecule has 0 amide bonds. The minimum absolute atomic E-state index is 0.100. The Labute approximate surface area is 387 Å². The van der Waals surface area contributed by atoms with Crippen molar-refractivity contribution in [3.63, 3.8) is 0 Å². The topological polar surface area (TPSA) is 78.9 Å². The molecule has 0 saturated heterocycles. The number of hydrogen-bond donors (Lipinski definition) is 0. The molecule has 0 aromatic carbocycles. The summed E-state index contributed by atoms with van der Waals surface area (Å²) in [6.45, 7) is 6.32. The Hall–Kier alpha value is -3.93. The van der Waals surface area contributed by atoms with Crippen molar-refractivity contribution in [1.29, 1.82) is 0 Å². The number of esters is 3. The van der Waals surface area contributed by atoms with Gasteiger partial charge in [-0.3, -0.25) is 14.4 Å². The average molecular weight is 873 g/mol. The lowest BCUT2D eigenvalue weighted by molar-refractivity contribution is -0.167. The maximum Gasteiger partial charge on any atom is 0.306 e. The van der Waals surface area contributed by atoms with Gasteiger partial charge in [-0.15, -0.1) is 0 Å². The molecule has 0 aliphatic rings. The van der Waals surface area contributed by atoms with Crippen LogP contribution in [0, 0.1) is 0 Å². The van der Waals surface area contributed by atoms with E-state index < -0.39 is 6.10 Å². The summed E-state index contributed by atoms with van der Waals surface area (Å²) in [5.74, 6) is -0.972. The molecule has 1 unspecified atom stereocenters. The zero-order valence-electron chi connectivity index (χ0n) is 40.5. The van der Waals surface area contributed by atoms with Crippen molar-refractivity contribution < 1.29 is 28.6 Å². The molecule has 6 heteroatoms. The van der Waals surface area contributed by atoms with E-state index in [4.69, 9.17) is 14.2 Å². The van der Waals surface area contributed by atoms with Crippen LogP contribution in [0.4, 0.5) is 0 Å². The van der Waals surface area contributed by atoms with Crippen LogP contribution in [0.25, 0.3) is 0 Å². The maximum absolute atomic E-state index is 12.8. The molecule has 0 heterocycles. The SMILES string of the molecule is CC/C=C\C/C=C\C/C=C\C/C=C\C/C=C\C/C=C\CCCCC(=O)OCC(COC(=O)CCCCCCCCCCC)OC(=O)CCCCCCC/C=C\C/C=C\C/C=C\CC. The second kappa shape index (κ2) is 50.7. The highest BCUT2D eigenvalue weighted by Gasteiger charge is 2.19. The van der Waals surface area contributed by atoms with Crippen LogP contribution < -0.4 is 0 Å². The molecule has 0 fully saturated rings. The molecule has 6 nitrogen and oxygen atoms in total. The zero-order chi connectivity index (χ0) is 45.8. The Morgan fingerprint density at radius 1 is 0.333 bits per heavy atom. The van der Waals surface area contributed by atoms with Crippen molar-refractivity contribution >= 4 is 17.9 Å². The van der Waals surface area contributed by atoms with Gasteiger partial charge in [0.05, 0.1) is 0 Å². The van der Waals surface area contributed by atoms with Gasteiger partial charge in [-0.25, -0.2) is 0 Å². The Balaban J connectivity index is 4.44. The number of allylic oxidation sites excluding steroid dienone is 18. The molecule has 0 N–H and O–H groups in total. The fraction of sp³-hybridized carbons (Fsp3) is 0.632. The summed E-state index contributed by atoms with van der Waals surface area (Å²) in [5, 5.41) is 0. The second-order valence-electron chi connectivity index (χ2n) is 16.3. The maximum atomic E-state index is 12.8. The predicted molar refractivity (Wildman–Crippen MR) is 270 cm³/mol. The van der Waals surface area contributed by atoms with E-state index in [0.29, 0.717) is 25.7 Å². The largest absolute Gasteiger partial charge is 0.462 e. The summed E-state index contributed by atoms with van der Waals surface area (Å²) in [6, 6.07) is 0. The molecule has 356 valence electrons. The first kappa shape index (κ1) is 59.1. The molecule has 0 spiro atoms. The Bertz CT molecular complexity index is 1330. The molecular weight excluding hydrogens is 781 g/mol. The number of carbonyl (C=O) groups excluding carboxylic acids is 3. The van der Waals surface area contributed by atoms with Crippen LogP contribution in [-0.4, -0.2) is 37.2 Å². The molecule has 63 heavy (non-hydrogen) atoms. The van der Waals surface area contributed by atoms with Crippen LogP contribution in [0.1, 0.15) is 213 Å². The molecule has 0 aromatic heterocycles. The zero-order valence-corrected chi connectivity index (χ0v) is 40.5. The lowest BCUT2D eigenvalue weighted by atomic mass is 10.1. The molecule has 0 aromatic rings. The van der Waals surface area contributed by atoms with Gasteiger partial charge in [0.2, 0.25) is 0 Å². The number of hydrogen-bond acceptors (Lipinski definition) is 6. The minimum Gasteiger partial charge on any atom is -0.462 e. The molecule has 0 radical (unpaired) electrons. The van der Waals surface area contributed by atoms with E-state index in [1.165, 1.54) is 38.5 Å². The van der Waals surface area contributed by atoms with Crippen molar-refractivity contribution in [2.75, 3.05) is 13.2 Å². The highest BCUT2D eigenvalue weighted by Crippen LogP contribution is 2.13. The van der Waals surface area contributed by atoms with Gasteiger partial charge in [0.1, 0.15) is 13.2 Å². The standard InChI is InChI=1S/C57H92O6/c1-4-7-10-13-16-19-21-23-25-26-27-28-29-30-32-33-35-38-41-44-47-50-56(59)62-53-54(52-61-55(58)49-46-43-40-37-18-15-12-9-6-3)63-57(60)51-48-45-42-39-36-34-31-24-22-20-17-14-11-8-5-2/h7-8,10-11,16-17,19-20,23-25,27-28,30-32,35,38,54H,4-6,9,12-15,18,21-22,26,29,33-34,36-37,39-53H2,1-3H3/b10-7-,11-8-,19-16-,20-17-,25-23-,28-27-,31-24-,32-30-,38-35-. The first-order valence-corrected chi connectivity index (χ1v) is 25.4. The third-order valence-electron chi connectivity index (χ3n) is 10.3. The van der Waals surface area contributed by atoms with Gasteiger partial charge in [-0.05, 0) is 103 Å². The first-order valence-electron chi connectivity index (χ1n) is 25.4. The van der Waals surface area contributed by atoms with Crippen molar-refractivity contribution in [2.45, 2.75) is 219 Å². The predicted octanol–water partition coefficient (Wildman–Crippen LogP) is 16.8. The monoisotopic (exact) mass is 873 g/mol. The normalized spacial score (nSPS) is 13.0. The second-order valence-corrected chi connectivity index (χ2v) is 16.3. The van der Waals surface area contributed by atoms with E-state index in [1.54, 1.807) is 0 Å². The lowest BCUT2D eigenvalue weighted by Crippen LogP contribution is -2.30. The number of unbranched alkanes of at least 4 members (excludes halogenated alkanes) is 15. The van der Waals surface area contributed by atoms with Crippen molar-refractivity contribution in [3.8, 4) is 0 Å². The molecule has 0 aliphatic heterocycles. The summed E-state index contributed by atoms with van der Waals surface area (Å²) in [4.78, 5) is 37.9. The van der Waals surface area contributed by atoms with Gasteiger partial charge in [-0.1, -0.05) is 201 Å². The van der Waals surface area contributed by atoms with Gasteiger partial charge in [-0.2, -0.15) is 0 Å². The van der Waals surface area contributed by atoms with Crippen LogP contribution in [0.3, 0.4) is 0 Å². The number of ether oxygens (including phenoxy) is 3. The van der Waals surface area contributed by atoms with Crippen molar-refractivity contribution in [2.24, 2.45) is 0 Å². The van der Waals surface area contributed by atoms with Gasteiger partial charge in [0.25, 0.3) is 0 Å². The van der Waals surface area contributed by atoms with E-state index in [1.807, 2.05) is 0 Å². The number of rotatable bonds is 44. The smallest absolute Gasteiger partial charge is 0.306 e. The van der Waals surface area contributed by atoms with E-state index >= 15 is 0 Å². The first-order chi connectivity index (χ1) is 31.0. The molecule has 0 saturated carbocycles.